The van der Waals surface area contributed by atoms with Gasteiger partial charge in [0, 0.05) is 6.42 Å². The Morgan fingerprint density at radius 1 is 1.45 bits per heavy atom. The number of hydrogen-bond donors (Lipinski definition) is 0. The third kappa shape index (κ3) is 0.920. The van der Waals surface area contributed by atoms with Crippen LogP contribution in [0.1, 0.15) is 6.42 Å². The van der Waals surface area contributed by atoms with E-state index in [2.05, 4.69) is 15.0 Å². The molecular weight excluding hydrogens is 142 g/mol. The number of fused-ring (bicyclic) bond motifs is 1. The molecule has 0 aromatic heterocycles. The molecule has 0 amide bonds. The second kappa shape index (κ2) is 2.23. The van der Waals surface area contributed by atoms with Crippen LogP contribution in [0.15, 0.2) is 26.9 Å². The van der Waals surface area contributed by atoms with Gasteiger partial charge in [-0.15, -0.1) is 0 Å². The summed E-state index contributed by atoms with van der Waals surface area (Å²) in [6.45, 7) is 0. The molecule has 2 aliphatic heterocycles. The Balaban J connectivity index is 2.37. The van der Waals surface area contributed by atoms with Crippen molar-refractivity contribution < 1.29 is 4.79 Å². The Morgan fingerprint density at radius 2 is 2.36 bits per heavy atom. The molecule has 0 saturated carbocycles. The number of rotatable bonds is 1. The molecule has 0 atom stereocenters. The van der Waals surface area contributed by atoms with Crippen molar-refractivity contribution in [1.29, 1.82) is 0 Å². The smallest absolute Gasteiger partial charge is 0.164 e. The van der Waals surface area contributed by atoms with Crippen LogP contribution in [0.25, 0.3) is 0 Å². The highest BCUT2D eigenvalue weighted by atomic mass is 16.1. The molecule has 0 radical (unpaired) electrons. The summed E-state index contributed by atoms with van der Waals surface area (Å²) in [6, 6.07) is 0. The lowest BCUT2D eigenvalue weighted by molar-refractivity contribution is -0.102. The van der Waals surface area contributed by atoms with Gasteiger partial charge in [0.15, 0.2) is 6.29 Å². The second-order valence-electron chi connectivity index (χ2n) is 2.25. The van der Waals surface area contributed by atoms with Crippen molar-refractivity contribution in [1.82, 2.24) is 0 Å². The van der Waals surface area contributed by atoms with E-state index in [0.29, 0.717) is 12.1 Å². The zero-order valence-electron chi connectivity index (χ0n) is 5.69. The van der Waals surface area contributed by atoms with E-state index in [0.717, 1.165) is 17.7 Å². The Morgan fingerprint density at radius 3 is 3.18 bits per heavy atom. The predicted octanol–water partition coefficient (Wildman–Crippen LogP) is 0.354. The van der Waals surface area contributed by atoms with E-state index >= 15 is 0 Å². The molecule has 0 aromatic carbocycles. The lowest BCUT2D eigenvalue weighted by Gasteiger charge is -2.04. The first-order valence-electron chi connectivity index (χ1n) is 3.22. The molecule has 2 aliphatic rings. The van der Waals surface area contributed by atoms with Crippen molar-refractivity contribution in [3.63, 3.8) is 0 Å². The molecular formula is C7H5N3O. The van der Waals surface area contributed by atoms with E-state index in [4.69, 9.17) is 0 Å². The topological polar surface area (TPSA) is 54.1 Å². The summed E-state index contributed by atoms with van der Waals surface area (Å²) in [5.74, 6) is 0. The zero-order chi connectivity index (χ0) is 7.68. The highest BCUT2D eigenvalue weighted by molar-refractivity contribution is 6.36. The zero-order valence-corrected chi connectivity index (χ0v) is 5.69. The van der Waals surface area contributed by atoms with Crippen LogP contribution in [0.5, 0.6) is 0 Å². The molecule has 0 unspecified atom stereocenters. The summed E-state index contributed by atoms with van der Waals surface area (Å²) in [4.78, 5) is 22.1. The van der Waals surface area contributed by atoms with E-state index in [1.54, 1.807) is 6.20 Å². The lowest BCUT2D eigenvalue weighted by atomic mass is 10.1. The van der Waals surface area contributed by atoms with Crippen LogP contribution in [0.3, 0.4) is 0 Å². The number of carbonyl (C=O) groups is 1. The quantitative estimate of drug-likeness (QED) is 0.494. The number of carbonyl (C=O) groups excluding carboxylic acids is 1. The lowest BCUT2D eigenvalue weighted by Crippen LogP contribution is -2.12. The fraction of sp³-hybridized carbons (Fsp3) is 0.143. The molecule has 0 aliphatic carbocycles. The highest BCUT2D eigenvalue weighted by Crippen LogP contribution is 2.14. The van der Waals surface area contributed by atoms with Crippen molar-refractivity contribution >= 4 is 24.0 Å². The van der Waals surface area contributed by atoms with Gasteiger partial charge in [-0.25, -0.2) is 9.98 Å². The average Bonchev–Trinajstić information content (AvgIpc) is 2.50. The Kier molecular flexibility index (Phi) is 1.25. The number of aliphatic imine (C=N–C) groups is 3. The number of allylic oxidation sites excluding steroid dienone is 1. The fourth-order valence-electron chi connectivity index (χ4n) is 0.979. The standard InChI is InChI=1S/C7H5N3O/c11-3-5-1-6-7(2-8-5)10-4-9-6/h2-4H,1H2. The monoisotopic (exact) mass is 147 g/mol. The van der Waals surface area contributed by atoms with Gasteiger partial charge in [-0.1, -0.05) is 0 Å². The summed E-state index contributed by atoms with van der Waals surface area (Å²) in [5, 5.41) is 0. The number of nitrogens with zero attached hydrogens (tertiary/aromatic N) is 3. The molecule has 0 fully saturated rings. The fourth-order valence-corrected chi connectivity index (χ4v) is 0.979. The van der Waals surface area contributed by atoms with Crippen LogP contribution in [0.2, 0.25) is 0 Å². The molecule has 0 aromatic rings. The highest BCUT2D eigenvalue weighted by Gasteiger charge is 2.16. The number of hydrogen-bond acceptors (Lipinski definition) is 4. The molecule has 54 valence electrons. The molecule has 4 heteroatoms. The first-order chi connectivity index (χ1) is 5.40. The van der Waals surface area contributed by atoms with Crippen LogP contribution < -0.4 is 0 Å². The van der Waals surface area contributed by atoms with Crippen molar-refractivity contribution in [2.24, 2.45) is 15.0 Å². The van der Waals surface area contributed by atoms with Gasteiger partial charge in [0.25, 0.3) is 0 Å². The molecule has 0 N–H and O–H groups in total. The van der Waals surface area contributed by atoms with Crippen molar-refractivity contribution in [2.75, 3.05) is 0 Å². The van der Waals surface area contributed by atoms with Gasteiger partial charge in [-0.3, -0.25) is 9.79 Å². The Hall–Kier alpha value is -1.58. The van der Waals surface area contributed by atoms with Crippen LogP contribution in [-0.2, 0) is 4.79 Å². The van der Waals surface area contributed by atoms with Gasteiger partial charge in [0.2, 0.25) is 0 Å². The maximum absolute atomic E-state index is 10.3. The Bertz CT molecular complexity index is 323. The minimum Gasteiger partial charge on any atom is -0.297 e. The van der Waals surface area contributed by atoms with Crippen LogP contribution in [-0.4, -0.2) is 24.0 Å². The van der Waals surface area contributed by atoms with E-state index < -0.39 is 0 Å². The van der Waals surface area contributed by atoms with Crippen LogP contribution in [0, 0.1) is 0 Å². The van der Waals surface area contributed by atoms with Gasteiger partial charge in [-0.05, 0) is 0 Å². The Labute approximate surface area is 63.1 Å². The molecule has 2 heterocycles. The number of aldehydes is 1. The van der Waals surface area contributed by atoms with Crippen molar-refractivity contribution in [3.8, 4) is 0 Å². The van der Waals surface area contributed by atoms with Gasteiger partial charge in [-0.2, -0.15) is 0 Å². The normalized spacial score (nSPS) is 20.2. The maximum atomic E-state index is 10.3. The molecule has 0 spiro atoms. The van der Waals surface area contributed by atoms with Crippen molar-refractivity contribution in [3.05, 3.63) is 11.9 Å². The third-order valence-electron chi connectivity index (χ3n) is 1.54. The summed E-state index contributed by atoms with van der Waals surface area (Å²) in [7, 11) is 0. The third-order valence-corrected chi connectivity index (χ3v) is 1.54. The van der Waals surface area contributed by atoms with Crippen LogP contribution in [0.4, 0.5) is 0 Å². The van der Waals surface area contributed by atoms with Gasteiger partial charge >= 0.3 is 0 Å². The average molecular weight is 147 g/mol. The van der Waals surface area contributed by atoms with E-state index in [1.807, 2.05) is 0 Å². The minimum atomic E-state index is 0.509. The molecule has 2 rings (SSSR count). The predicted molar refractivity (Wildman–Crippen MR) is 42.1 cm³/mol. The first kappa shape index (κ1) is 6.15. The first-order valence-corrected chi connectivity index (χ1v) is 3.22. The van der Waals surface area contributed by atoms with Gasteiger partial charge in [0.05, 0.1) is 17.6 Å². The van der Waals surface area contributed by atoms with E-state index in [9.17, 15) is 4.79 Å². The maximum Gasteiger partial charge on any atom is 0.164 e. The SMILES string of the molecule is O=CC1=NC=C2N=CN=C2C1. The van der Waals surface area contributed by atoms with E-state index in [-0.39, 0.29) is 0 Å². The largest absolute Gasteiger partial charge is 0.297 e. The molecule has 0 saturated heterocycles. The van der Waals surface area contributed by atoms with Gasteiger partial charge < -0.3 is 0 Å². The van der Waals surface area contributed by atoms with Crippen LogP contribution >= 0.6 is 0 Å². The molecule has 4 nitrogen and oxygen atoms in total. The second-order valence-corrected chi connectivity index (χ2v) is 2.25. The molecule has 11 heavy (non-hydrogen) atoms. The molecule has 0 bridgehead atoms. The summed E-state index contributed by atoms with van der Waals surface area (Å²) < 4.78 is 0. The summed E-state index contributed by atoms with van der Waals surface area (Å²) in [5.41, 5.74) is 2.12. The summed E-state index contributed by atoms with van der Waals surface area (Å²) in [6.07, 6.45) is 4.30. The minimum absolute atomic E-state index is 0.509. The van der Waals surface area contributed by atoms with E-state index in [1.165, 1.54) is 6.34 Å². The summed E-state index contributed by atoms with van der Waals surface area (Å²) >= 11 is 0. The van der Waals surface area contributed by atoms with Crippen molar-refractivity contribution in [2.45, 2.75) is 6.42 Å². The van der Waals surface area contributed by atoms with Gasteiger partial charge in [0.1, 0.15) is 12.0 Å².